The fraction of sp³-hybridized carbons (Fsp3) is 0.571. The van der Waals surface area contributed by atoms with E-state index in [4.69, 9.17) is 0 Å². The van der Waals surface area contributed by atoms with Gasteiger partial charge < -0.3 is 10.2 Å². The van der Waals surface area contributed by atoms with E-state index in [9.17, 15) is 4.79 Å². The van der Waals surface area contributed by atoms with E-state index in [1.807, 2.05) is 24.9 Å². The zero-order valence-electron chi connectivity index (χ0n) is 11.3. The molecule has 2 unspecified atom stereocenters. The summed E-state index contributed by atoms with van der Waals surface area (Å²) in [4.78, 5) is 18.2. The highest BCUT2D eigenvalue weighted by molar-refractivity contribution is 5.94. The SMILES string of the molecule is CCNc1cc(C(=O)N(C)CC2CC2C)ccn1. The summed E-state index contributed by atoms with van der Waals surface area (Å²) in [5.74, 6) is 2.30. The number of carbonyl (C=O) groups is 1. The lowest BCUT2D eigenvalue weighted by Crippen LogP contribution is -2.29. The first-order valence-electron chi connectivity index (χ1n) is 6.57. The van der Waals surface area contributed by atoms with Crippen LogP contribution in [-0.4, -0.2) is 35.9 Å². The second kappa shape index (κ2) is 5.38. The molecule has 1 aliphatic rings. The molecule has 1 aromatic rings. The molecule has 1 aliphatic carbocycles. The largest absolute Gasteiger partial charge is 0.370 e. The van der Waals surface area contributed by atoms with Crippen LogP contribution in [0.4, 0.5) is 5.82 Å². The van der Waals surface area contributed by atoms with E-state index in [2.05, 4.69) is 17.2 Å². The molecule has 18 heavy (non-hydrogen) atoms. The van der Waals surface area contributed by atoms with Crippen LogP contribution in [0.2, 0.25) is 0 Å². The minimum Gasteiger partial charge on any atom is -0.370 e. The molecule has 0 spiro atoms. The van der Waals surface area contributed by atoms with Gasteiger partial charge in [0, 0.05) is 31.9 Å². The highest BCUT2D eigenvalue weighted by Crippen LogP contribution is 2.38. The number of anilines is 1. The Morgan fingerprint density at radius 1 is 1.61 bits per heavy atom. The van der Waals surface area contributed by atoms with Gasteiger partial charge in [0.05, 0.1) is 0 Å². The van der Waals surface area contributed by atoms with Gasteiger partial charge in [-0.2, -0.15) is 0 Å². The summed E-state index contributed by atoms with van der Waals surface area (Å²) in [6.07, 6.45) is 2.93. The number of aromatic nitrogens is 1. The Morgan fingerprint density at radius 3 is 2.94 bits per heavy atom. The van der Waals surface area contributed by atoms with Crippen LogP contribution in [0.25, 0.3) is 0 Å². The highest BCUT2D eigenvalue weighted by atomic mass is 16.2. The summed E-state index contributed by atoms with van der Waals surface area (Å²) in [6, 6.07) is 3.59. The van der Waals surface area contributed by atoms with Crippen LogP contribution in [0.1, 0.15) is 30.6 Å². The maximum absolute atomic E-state index is 12.2. The van der Waals surface area contributed by atoms with Gasteiger partial charge in [0.2, 0.25) is 0 Å². The molecular weight excluding hydrogens is 226 g/mol. The standard InChI is InChI=1S/C14H21N3O/c1-4-15-13-8-11(5-6-16-13)14(18)17(3)9-12-7-10(12)2/h5-6,8,10,12H,4,7,9H2,1-3H3,(H,15,16). The molecular formula is C14H21N3O. The number of rotatable bonds is 5. The number of carbonyl (C=O) groups excluding carboxylic acids is 1. The number of amides is 1. The van der Waals surface area contributed by atoms with Crippen molar-refractivity contribution in [3.05, 3.63) is 23.9 Å². The fourth-order valence-electron chi connectivity index (χ4n) is 2.15. The van der Waals surface area contributed by atoms with Gasteiger partial charge in [-0.3, -0.25) is 4.79 Å². The molecule has 1 amide bonds. The van der Waals surface area contributed by atoms with Crippen LogP contribution < -0.4 is 5.32 Å². The number of hydrogen-bond acceptors (Lipinski definition) is 3. The lowest BCUT2D eigenvalue weighted by Gasteiger charge is -2.17. The second-order valence-corrected chi connectivity index (χ2v) is 5.12. The topological polar surface area (TPSA) is 45.2 Å². The molecule has 1 fully saturated rings. The Bertz CT molecular complexity index is 433. The Balaban J connectivity index is 2.00. The van der Waals surface area contributed by atoms with Crippen molar-refractivity contribution < 1.29 is 4.79 Å². The second-order valence-electron chi connectivity index (χ2n) is 5.12. The van der Waals surface area contributed by atoms with Crippen molar-refractivity contribution in [1.29, 1.82) is 0 Å². The molecule has 4 nitrogen and oxygen atoms in total. The van der Waals surface area contributed by atoms with Crippen molar-refractivity contribution in [3.8, 4) is 0 Å². The molecule has 4 heteroatoms. The molecule has 0 saturated heterocycles. The molecule has 1 saturated carbocycles. The van der Waals surface area contributed by atoms with Gasteiger partial charge in [-0.1, -0.05) is 6.92 Å². The van der Waals surface area contributed by atoms with E-state index < -0.39 is 0 Å². The Kier molecular flexibility index (Phi) is 3.84. The third-order valence-corrected chi connectivity index (χ3v) is 3.50. The van der Waals surface area contributed by atoms with E-state index >= 15 is 0 Å². The first-order valence-corrected chi connectivity index (χ1v) is 6.57. The Labute approximate surface area is 108 Å². The van der Waals surface area contributed by atoms with Crippen LogP contribution in [0.5, 0.6) is 0 Å². The first-order chi connectivity index (χ1) is 8.61. The van der Waals surface area contributed by atoms with Crippen LogP contribution in [0.15, 0.2) is 18.3 Å². The zero-order valence-corrected chi connectivity index (χ0v) is 11.3. The molecule has 0 aromatic carbocycles. The third kappa shape index (κ3) is 3.00. The van der Waals surface area contributed by atoms with Crippen LogP contribution in [-0.2, 0) is 0 Å². The van der Waals surface area contributed by atoms with Gasteiger partial charge in [-0.05, 0) is 37.3 Å². The van der Waals surface area contributed by atoms with E-state index in [1.165, 1.54) is 6.42 Å². The van der Waals surface area contributed by atoms with Crippen molar-refractivity contribution in [2.75, 3.05) is 25.5 Å². The van der Waals surface area contributed by atoms with E-state index in [1.54, 1.807) is 12.3 Å². The van der Waals surface area contributed by atoms with Crippen LogP contribution >= 0.6 is 0 Å². The number of hydrogen-bond donors (Lipinski definition) is 1. The van der Waals surface area contributed by atoms with Crippen molar-refractivity contribution in [3.63, 3.8) is 0 Å². The highest BCUT2D eigenvalue weighted by Gasteiger charge is 2.34. The average Bonchev–Trinajstić information content (AvgIpc) is 3.04. The van der Waals surface area contributed by atoms with E-state index in [-0.39, 0.29) is 5.91 Å². The predicted molar refractivity (Wildman–Crippen MR) is 72.6 cm³/mol. The summed E-state index contributed by atoms with van der Waals surface area (Å²) in [5, 5.41) is 3.12. The maximum atomic E-state index is 12.2. The summed E-state index contributed by atoms with van der Waals surface area (Å²) in [5.41, 5.74) is 0.705. The molecule has 0 radical (unpaired) electrons. The van der Waals surface area contributed by atoms with Gasteiger partial charge >= 0.3 is 0 Å². The van der Waals surface area contributed by atoms with Gasteiger partial charge in [-0.25, -0.2) is 4.98 Å². The summed E-state index contributed by atoms with van der Waals surface area (Å²) in [6.45, 7) is 5.91. The smallest absolute Gasteiger partial charge is 0.253 e. The monoisotopic (exact) mass is 247 g/mol. The van der Waals surface area contributed by atoms with Gasteiger partial charge in [0.15, 0.2) is 0 Å². The van der Waals surface area contributed by atoms with Gasteiger partial charge in [-0.15, -0.1) is 0 Å². The third-order valence-electron chi connectivity index (χ3n) is 3.50. The molecule has 1 aromatic heterocycles. The van der Waals surface area contributed by atoms with Gasteiger partial charge in [0.1, 0.15) is 5.82 Å². The minimum atomic E-state index is 0.0793. The van der Waals surface area contributed by atoms with Crippen LogP contribution in [0.3, 0.4) is 0 Å². The van der Waals surface area contributed by atoms with Crippen molar-refractivity contribution >= 4 is 11.7 Å². The Morgan fingerprint density at radius 2 is 2.33 bits per heavy atom. The van der Waals surface area contributed by atoms with Crippen LogP contribution in [0, 0.1) is 11.8 Å². The molecule has 0 bridgehead atoms. The quantitative estimate of drug-likeness (QED) is 0.868. The molecule has 98 valence electrons. The fourth-order valence-corrected chi connectivity index (χ4v) is 2.15. The van der Waals surface area contributed by atoms with E-state index in [0.717, 1.165) is 24.8 Å². The number of nitrogens with zero attached hydrogens (tertiary/aromatic N) is 2. The molecule has 2 rings (SSSR count). The number of pyridine rings is 1. The van der Waals surface area contributed by atoms with E-state index in [0.29, 0.717) is 11.5 Å². The minimum absolute atomic E-state index is 0.0793. The van der Waals surface area contributed by atoms with Crippen molar-refractivity contribution in [1.82, 2.24) is 9.88 Å². The van der Waals surface area contributed by atoms with Gasteiger partial charge in [0.25, 0.3) is 5.91 Å². The van der Waals surface area contributed by atoms with Crippen molar-refractivity contribution in [2.24, 2.45) is 11.8 Å². The molecule has 0 aliphatic heterocycles. The Hall–Kier alpha value is -1.58. The summed E-state index contributed by atoms with van der Waals surface area (Å²) < 4.78 is 0. The zero-order chi connectivity index (χ0) is 13.1. The maximum Gasteiger partial charge on any atom is 0.253 e. The summed E-state index contributed by atoms with van der Waals surface area (Å²) >= 11 is 0. The lowest BCUT2D eigenvalue weighted by atomic mass is 10.2. The molecule has 1 heterocycles. The normalized spacial score (nSPS) is 21.5. The molecule has 2 atom stereocenters. The first kappa shape index (κ1) is 12.9. The predicted octanol–water partition coefficient (Wildman–Crippen LogP) is 2.24. The average molecular weight is 247 g/mol. The summed E-state index contributed by atoms with van der Waals surface area (Å²) in [7, 11) is 1.88. The number of nitrogens with one attached hydrogen (secondary N) is 1. The molecule has 1 N–H and O–H groups in total. The van der Waals surface area contributed by atoms with Crippen molar-refractivity contribution in [2.45, 2.75) is 20.3 Å². The lowest BCUT2D eigenvalue weighted by molar-refractivity contribution is 0.0787.